The van der Waals surface area contributed by atoms with Crippen LogP contribution in [0.5, 0.6) is 0 Å². The van der Waals surface area contributed by atoms with Crippen molar-refractivity contribution in [2.24, 2.45) is 7.05 Å². The average molecular weight is 281 g/mol. The molecule has 0 spiro atoms. The molecule has 2 N–H and O–H groups in total. The highest BCUT2D eigenvalue weighted by molar-refractivity contribution is 5.89. The Morgan fingerprint density at radius 3 is 2.65 bits per heavy atom. The Labute approximate surface area is 116 Å². The summed E-state index contributed by atoms with van der Waals surface area (Å²) in [5.41, 5.74) is -1.32. The molecule has 110 valence electrons. The zero-order chi connectivity index (χ0) is 15.1. The van der Waals surface area contributed by atoms with Crippen LogP contribution in [0.3, 0.4) is 0 Å². The van der Waals surface area contributed by atoms with Crippen LogP contribution in [0, 0.1) is 0 Å². The lowest BCUT2D eigenvalue weighted by Gasteiger charge is -2.22. The number of aromatic nitrogens is 2. The number of hydrogen-bond acceptors (Lipinski definition) is 4. The Morgan fingerprint density at radius 1 is 1.55 bits per heavy atom. The van der Waals surface area contributed by atoms with Gasteiger partial charge in [0.1, 0.15) is 11.1 Å². The number of carboxylic acids is 1. The fourth-order valence-corrected chi connectivity index (χ4v) is 2.15. The number of rotatable bonds is 3. The number of alkyl carbamates (subject to hydrolysis) is 1. The summed E-state index contributed by atoms with van der Waals surface area (Å²) in [6.45, 7) is 5.18. The molecule has 2 rings (SSSR count). The predicted molar refractivity (Wildman–Crippen MR) is 70.3 cm³/mol. The van der Waals surface area contributed by atoms with Crippen LogP contribution in [-0.2, 0) is 16.6 Å². The summed E-state index contributed by atoms with van der Waals surface area (Å²) in [7, 11) is 1.76. The van der Waals surface area contributed by atoms with Crippen LogP contribution >= 0.6 is 0 Å². The molecule has 2 unspecified atom stereocenters. The number of amides is 1. The molecular formula is C13H19N3O4. The fraction of sp³-hybridized carbons (Fsp3) is 0.615. The lowest BCUT2D eigenvalue weighted by atomic mass is 10.1. The lowest BCUT2D eigenvalue weighted by molar-refractivity contribution is -0.140. The second kappa shape index (κ2) is 4.50. The molecule has 1 aliphatic carbocycles. The first kappa shape index (κ1) is 14.4. The topological polar surface area (TPSA) is 93.5 Å². The van der Waals surface area contributed by atoms with Crippen molar-refractivity contribution in [1.29, 1.82) is 0 Å². The molecule has 1 aromatic heterocycles. The third kappa shape index (κ3) is 2.76. The number of carboxylic acid groups (broad SMARTS) is 1. The van der Waals surface area contributed by atoms with E-state index in [2.05, 4.69) is 10.4 Å². The van der Waals surface area contributed by atoms with Gasteiger partial charge in [-0.25, -0.2) is 9.59 Å². The molecule has 2 atom stereocenters. The van der Waals surface area contributed by atoms with Gasteiger partial charge in [-0.2, -0.15) is 5.10 Å². The molecule has 7 heteroatoms. The van der Waals surface area contributed by atoms with E-state index < -0.39 is 23.2 Å². The number of ether oxygens (including phenoxy) is 1. The van der Waals surface area contributed by atoms with Crippen LogP contribution in [0.25, 0.3) is 0 Å². The van der Waals surface area contributed by atoms with Crippen molar-refractivity contribution < 1.29 is 19.4 Å². The second-order valence-electron chi connectivity index (χ2n) is 6.07. The van der Waals surface area contributed by atoms with Gasteiger partial charge >= 0.3 is 12.1 Å². The minimum atomic E-state index is -1.31. The van der Waals surface area contributed by atoms with Gasteiger partial charge in [0, 0.05) is 19.2 Å². The maximum atomic E-state index is 11.8. The van der Waals surface area contributed by atoms with Gasteiger partial charge in [0.15, 0.2) is 0 Å². The Bertz CT molecular complexity index is 546. The number of nitrogens with one attached hydrogen (secondary N) is 1. The zero-order valence-corrected chi connectivity index (χ0v) is 12.0. The molecule has 0 bridgehead atoms. The Kier molecular flexibility index (Phi) is 3.23. The Balaban J connectivity index is 2.10. The van der Waals surface area contributed by atoms with Crippen molar-refractivity contribution in [1.82, 2.24) is 15.1 Å². The molecule has 7 nitrogen and oxygen atoms in total. The third-order valence-electron chi connectivity index (χ3n) is 3.16. The Hall–Kier alpha value is -2.05. The first-order valence-electron chi connectivity index (χ1n) is 6.38. The molecule has 1 amide bonds. The van der Waals surface area contributed by atoms with E-state index in [0.717, 1.165) is 0 Å². The number of aryl methyl sites for hydroxylation is 1. The van der Waals surface area contributed by atoms with Gasteiger partial charge in [-0.3, -0.25) is 4.68 Å². The first-order chi connectivity index (χ1) is 9.14. The molecule has 0 aromatic carbocycles. The summed E-state index contributed by atoms with van der Waals surface area (Å²) < 4.78 is 6.72. The number of carbonyl (C=O) groups excluding carboxylic acids is 1. The van der Waals surface area contributed by atoms with Crippen molar-refractivity contribution in [2.45, 2.75) is 44.2 Å². The van der Waals surface area contributed by atoms with E-state index in [-0.39, 0.29) is 5.92 Å². The van der Waals surface area contributed by atoms with Gasteiger partial charge in [-0.05, 0) is 33.3 Å². The van der Waals surface area contributed by atoms with Gasteiger partial charge in [0.05, 0.1) is 5.69 Å². The van der Waals surface area contributed by atoms with Crippen LogP contribution in [0.15, 0.2) is 12.3 Å². The maximum Gasteiger partial charge on any atom is 0.408 e. The predicted octanol–water partition coefficient (Wildman–Crippen LogP) is 1.26. The summed E-state index contributed by atoms with van der Waals surface area (Å²) in [6.07, 6.45) is 1.34. The summed E-state index contributed by atoms with van der Waals surface area (Å²) in [5, 5.41) is 16.0. The van der Waals surface area contributed by atoms with E-state index in [9.17, 15) is 14.7 Å². The van der Waals surface area contributed by atoms with E-state index in [0.29, 0.717) is 12.1 Å². The SMILES string of the molecule is Cn1ccc(C2CC2(NC(=O)OC(C)(C)C)C(=O)O)n1. The van der Waals surface area contributed by atoms with E-state index >= 15 is 0 Å². The van der Waals surface area contributed by atoms with Crippen molar-refractivity contribution in [3.8, 4) is 0 Å². The highest BCUT2D eigenvalue weighted by atomic mass is 16.6. The lowest BCUT2D eigenvalue weighted by Crippen LogP contribution is -2.46. The number of hydrogen-bond donors (Lipinski definition) is 2. The molecule has 0 radical (unpaired) electrons. The van der Waals surface area contributed by atoms with E-state index in [1.807, 2.05) is 0 Å². The van der Waals surface area contributed by atoms with Crippen LogP contribution in [0.2, 0.25) is 0 Å². The smallest absolute Gasteiger partial charge is 0.408 e. The third-order valence-corrected chi connectivity index (χ3v) is 3.16. The van der Waals surface area contributed by atoms with Crippen molar-refractivity contribution in [3.05, 3.63) is 18.0 Å². The van der Waals surface area contributed by atoms with Crippen LogP contribution in [0.1, 0.15) is 38.8 Å². The van der Waals surface area contributed by atoms with Crippen molar-refractivity contribution in [3.63, 3.8) is 0 Å². The van der Waals surface area contributed by atoms with Crippen LogP contribution in [-0.4, -0.2) is 38.1 Å². The van der Waals surface area contributed by atoms with Gasteiger partial charge in [0.25, 0.3) is 0 Å². The molecule has 1 heterocycles. The van der Waals surface area contributed by atoms with Gasteiger partial charge in [-0.15, -0.1) is 0 Å². The number of carbonyl (C=O) groups is 2. The largest absolute Gasteiger partial charge is 0.479 e. The molecule has 1 fully saturated rings. The zero-order valence-electron chi connectivity index (χ0n) is 12.0. The minimum absolute atomic E-state index is 0.318. The summed E-state index contributed by atoms with van der Waals surface area (Å²) in [6, 6.07) is 1.76. The van der Waals surface area contributed by atoms with E-state index in [1.54, 1.807) is 44.8 Å². The van der Waals surface area contributed by atoms with Crippen LogP contribution < -0.4 is 5.32 Å². The molecule has 1 aromatic rings. The minimum Gasteiger partial charge on any atom is -0.479 e. The number of aliphatic carboxylic acids is 1. The van der Waals surface area contributed by atoms with Gasteiger partial charge in [0.2, 0.25) is 0 Å². The van der Waals surface area contributed by atoms with E-state index in [1.165, 1.54) is 0 Å². The maximum absolute atomic E-state index is 11.8. The molecule has 0 saturated heterocycles. The highest BCUT2D eigenvalue weighted by Gasteiger charge is 2.63. The monoisotopic (exact) mass is 281 g/mol. The summed E-state index contributed by atoms with van der Waals surface area (Å²) in [5.74, 6) is -1.40. The molecule has 0 aliphatic heterocycles. The average Bonchev–Trinajstić information content (AvgIpc) is 2.82. The highest BCUT2D eigenvalue weighted by Crippen LogP contribution is 2.51. The molecule has 20 heavy (non-hydrogen) atoms. The molecule has 1 aliphatic rings. The standard InChI is InChI=1S/C13H19N3O4/c1-12(2,3)20-11(19)14-13(10(17)18)7-8(13)9-5-6-16(4)15-9/h5-6,8H,7H2,1-4H3,(H,14,19)(H,17,18). The summed E-state index contributed by atoms with van der Waals surface area (Å²) in [4.78, 5) is 23.2. The number of nitrogens with zero attached hydrogens (tertiary/aromatic N) is 2. The van der Waals surface area contributed by atoms with Crippen molar-refractivity contribution in [2.75, 3.05) is 0 Å². The first-order valence-corrected chi connectivity index (χ1v) is 6.38. The second-order valence-corrected chi connectivity index (χ2v) is 6.07. The molecule has 1 saturated carbocycles. The summed E-state index contributed by atoms with van der Waals surface area (Å²) >= 11 is 0. The molecular weight excluding hydrogens is 262 g/mol. The fourth-order valence-electron chi connectivity index (χ4n) is 2.15. The van der Waals surface area contributed by atoms with E-state index in [4.69, 9.17) is 4.74 Å². The Morgan fingerprint density at radius 2 is 2.20 bits per heavy atom. The van der Waals surface area contributed by atoms with Gasteiger partial charge < -0.3 is 15.2 Å². The normalized spacial score (nSPS) is 25.1. The van der Waals surface area contributed by atoms with Crippen LogP contribution in [0.4, 0.5) is 4.79 Å². The quantitative estimate of drug-likeness (QED) is 0.869. The van der Waals surface area contributed by atoms with Gasteiger partial charge in [-0.1, -0.05) is 0 Å². The van der Waals surface area contributed by atoms with Crippen molar-refractivity contribution >= 4 is 12.1 Å².